The Morgan fingerprint density at radius 3 is 2.68 bits per heavy atom. The zero-order chi connectivity index (χ0) is 13.7. The first-order valence-electron chi connectivity index (χ1n) is 7.24. The lowest BCUT2D eigenvalue weighted by molar-refractivity contribution is 0.411. The number of benzene rings is 1. The molecule has 1 aromatic rings. The Morgan fingerprint density at radius 2 is 2.05 bits per heavy atom. The van der Waals surface area contributed by atoms with E-state index in [0.717, 1.165) is 16.8 Å². The zero-order valence-corrected chi connectivity index (χ0v) is 12.8. The van der Waals surface area contributed by atoms with Crippen molar-refractivity contribution >= 4 is 11.8 Å². The highest BCUT2D eigenvalue weighted by atomic mass is 32.2. The number of hydrogen-bond acceptors (Lipinski definition) is 3. The van der Waals surface area contributed by atoms with Crippen LogP contribution < -0.4 is 10.5 Å². The number of ether oxygens (including phenoxy) is 1. The molecule has 19 heavy (non-hydrogen) atoms. The predicted molar refractivity (Wildman–Crippen MR) is 83.8 cm³/mol. The quantitative estimate of drug-likeness (QED) is 0.873. The molecule has 2 nitrogen and oxygen atoms in total. The minimum absolute atomic E-state index is 0.0873. The van der Waals surface area contributed by atoms with Crippen LogP contribution in [0.3, 0.4) is 0 Å². The van der Waals surface area contributed by atoms with Crippen LogP contribution in [0.5, 0.6) is 5.75 Å². The van der Waals surface area contributed by atoms with Crippen molar-refractivity contribution in [2.75, 3.05) is 7.11 Å². The summed E-state index contributed by atoms with van der Waals surface area (Å²) in [5, 5.41) is 0.831. The van der Waals surface area contributed by atoms with Gasteiger partial charge in [-0.25, -0.2) is 0 Å². The van der Waals surface area contributed by atoms with Crippen molar-refractivity contribution in [3.05, 3.63) is 29.3 Å². The van der Waals surface area contributed by atoms with Crippen molar-refractivity contribution in [2.45, 2.75) is 56.1 Å². The molecule has 0 radical (unpaired) electrons. The Morgan fingerprint density at radius 1 is 1.32 bits per heavy atom. The van der Waals surface area contributed by atoms with E-state index in [2.05, 4.69) is 30.0 Å². The molecule has 0 saturated heterocycles. The Hall–Kier alpha value is -0.670. The molecule has 0 heterocycles. The van der Waals surface area contributed by atoms with Crippen molar-refractivity contribution in [1.82, 2.24) is 0 Å². The van der Waals surface area contributed by atoms with E-state index in [0.29, 0.717) is 0 Å². The van der Waals surface area contributed by atoms with E-state index in [1.165, 1.54) is 43.2 Å². The van der Waals surface area contributed by atoms with Crippen LogP contribution >= 0.6 is 11.8 Å². The maximum atomic E-state index is 5.97. The Balaban J connectivity index is 2.02. The van der Waals surface area contributed by atoms with Crippen LogP contribution in [0.25, 0.3) is 0 Å². The molecular formula is C16H25NOS. The maximum absolute atomic E-state index is 5.97. The van der Waals surface area contributed by atoms with Gasteiger partial charge in [-0.15, -0.1) is 0 Å². The van der Waals surface area contributed by atoms with E-state index in [9.17, 15) is 0 Å². The SMILES string of the molecule is COc1ccc(C(C)N)cc1CSC1CCCCC1. The van der Waals surface area contributed by atoms with Gasteiger partial charge >= 0.3 is 0 Å². The normalized spacial score (nSPS) is 18.3. The Kier molecular flexibility index (Phi) is 5.59. The van der Waals surface area contributed by atoms with E-state index in [-0.39, 0.29) is 6.04 Å². The van der Waals surface area contributed by atoms with Gasteiger partial charge in [-0.3, -0.25) is 0 Å². The highest BCUT2D eigenvalue weighted by molar-refractivity contribution is 7.99. The summed E-state index contributed by atoms with van der Waals surface area (Å²) in [5.41, 5.74) is 8.45. The second-order valence-corrected chi connectivity index (χ2v) is 6.72. The molecule has 1 unspecified atom stereocenters. The summed E-state index contributed by atoms with van der Waals surface area (Å²) in [5.74, 6) is 2.03. The molecule has 1 aliphatic rings. The average molecular weight is 279 g/mol. The van der Waals surface area contributed by atoms with Crippen molar-refractivity contribution in [3.8, 4) is 5.75 Å². The summed E-state index contributed by atoms with van der Waals surface area (Å²) in [6.45, 7) is 2.03. The standard InChI is InChI=1S/C16H25NOS/c1-12(17)13-8-9-16(18-2)14(10-13)11-19-15-6-4-3-5-7-15/h8-10,12,15H,3-7,11,17H2,1-2H3. The van der Waals surface area contributed by atoms with Crippen LogP contribution in [0.15, 0.2) is 18.2 Å². The van der Waals surface area contributed by atoms with Crippen molar-refractivity contribution in [3.63, 3.8) is 0 Å². The molecule has 2 N–H and O–H groups in total. The van der Waals surface area contributed by atoms with Gasteiger partial charge in [0, 0.05) is 22.6 Å². The first kappa shape index (κ1) is 14.7. The van der Waals surface area contributed by atoms with Crippen LogP contribution in [0, 0.1) is 0 Å². The van der Waals surface area contributed by atoms with Gasteiger partial charge in [-0.2, -0.15) is 11.8 Å². The lowest BCUT2D eigenvalue weighted by Gasteiger charge is -2.21. The molecule has 0 bridgehead atoms. The lowest BCUT2D eigenvalue weighted by Crippen LogP contribution is -2.09. The summed E-state index contributed by atoms with van der Waals surface area (Å²) in [6.07, 6.45) is 6.96. The molecule has 1 fully saturated rings. The summed E-state index contributed by atoms with van der Waals surface area (Å²) in [7, 11) is 1.75. The minimum atomic E-state index is 0.0873. The van der Waals surface area contributed by atoms with Gasteiger partial charge in [0.15, 0.2) is 0 Å². The van der Waals surface area contributed by atoms with Crippen LogP contribution in [-0.4, -0.2) is 12.4 Å². The molecule has 3 heteroatoms. The summed E-state index contributed by atoms with van der Waals surface area (Å²) in [4.78, 5) is 0. The summed E-state index contributed by atoms with van der Waals surface area (Å²) in [6, 6.07) is 6.41. The number of hydrogen-bond donors (Lipinski definition) is 1. The molecule has 0 aliphatic heterocycles. The fraction of sp³-hybridized carbons (Fsp3) is 0.625. The zero-order valence-electron chi connectivity index (χ0n) is 12.0. The third-order valence-electron chi connectivity index (χ3n) is 3.86. The second kappa shape index (κ2) is 7.20. The highest BCUT2D eigenvalue weighted by Crippen LogP contribution is 2.33. The second-order valence-electron chi connectivity index (χ2n) is 5.43. The summed E-state index contributed by atoms with van der Waals surface area (Å²) < 4.78 is 5.47. The van der Waals surface area contributed by atoms with Crippen LogP contribution in [-0.2, 0) is 5.75 Å². The van der Waals surface area contributed by atoms with Gasteiger partial charge in [0.1, 0.15) is 5.75 Å². The molecule has 0 aromatic heterocycles. The smallest absolute Gasteiger partial charge is 0.122 e. The van der Waals surface area contributed by atoms with E-state index in [4.69, 9.17) is 10.5 Å². The van der Waals surface area contributed by atoms with Crippen molar-refractivity contribution in [1.29, 1.82) is 0 Å². The van der Waals surface area contributed by atoms with E-state index >= 15 is 0 Å². The summed E-state index contributed by atoms with van der Waals surface area (Å²) >= 11 is 2.08. The molecule has 1 saturated carbocycles. The number of thioether (sulfide) groups is 1. The molecule has 1 aliphatic carbocycles. The number of rotatable bonds is 5. The van der Waals surface area contributed by atoms with Gasteiger partial charge in [0.05, 0.1) is 7.11 Å². The molecule has 0 amide bonds. The first-order chi connectivity index (χ1) is 9.20. The predicted octanol–water partition coefficient (Wildman–Crippen LogP) is 4.28. The van der Waals surface area contributed by atoms with E-state index in [1.807, 2.05) is 6.92 Å². The third-order valence-corrected chi connectivity index (χ3v) is 5.28. The Bertz CT molecular complexity index is 400. The van der Waals surface area contributed by atoms with Gasteiger partial charge < -0.3 is 10.5 Å². The van der Waals surface area contributed by atoms with E-state index in [1.54, 1.807) is 7.11 Å². The maximum Gasteiger partial charge on any atom is 0.122 e. The highest BCUT2D eigenvalue weighted by Gasteiger charge is 2.15. The minimum Gasteiger partial charge on any atom is -0.496 e. The number of nitrogens with two attached hydrogens (primary N) is 1. The number of methoxy groups -OCH3 is 1. The Labute approximate surface area is 121 Å². The van der Waals surface area contributed by atoms with Crippen molar-refractivity contribution < 1.29 is 4.74 Å². The lowest BCUT2D eigenvalue weighted by atomic mass is 10.0. The van der Waals surface area contributed by atoms with Gasteiger partial charge in [-0.1, -0.05) is 25.3 Å². The molecule has 2 rings (SSSR count). The largest absolute Gasteiger partial charge is 0.496 e. The molecule has 1 atom stereocenters. The fourth-order valence-electron chi connectivity index (χ4n) is 2.63. The van der Waals surface area contributed by atoms with Gasteiger partial charge in [0.2, 0.25) is 0 Å². The van der Waals surface area contributed by atoms with E-state index < -0.39 is 0 Å². The topological polar surface area (TPSA) is 35.2 Å². The molecule has 0 spiro atoms. The van der Waals surface area contributed by atoms with Gasteiger partial charge in [0.25, 0.3) is 0 Å². The first-order valence-corrected chi connectivity index (χ1v) is 8.29. The van der Waals surface area contributed by atoms with Crippen molar-refractivity contribution in [2.24, 2.45) is 5.73 Å². The van der Waals surface area contributed by atoms with Gasteiger partial charge in [-0.05, 0) is 37.5 Å². The van der Waals surface area contributed by atoms with Crippen LogP contribution in [0.4, 0.5) is 0 Å². The molecular weight excluding hydrogens is 254 g/mol. The average Bonchev–Trinajstić information content (AvgIpc) is 2.45. The van der Waals surface area contributed by atoms with Crippen LogP contribution in [0.1, 0.15) is 56.2 Å². The third kappa shape index (κ3) is 4.15. The molecule has 1 aromatic carbocycles. The fourth-order valence-corrected chi connectivity index (χ4v) is 3.94. The molecule has 106 valence electrons. The monoisotopic (exact) mass is 279 g/mol. The van der Waals surface area contributed by atoms with Crippen LogP contribution in [0.2, 0.25) is 0 Å².